The Kier molecular flexibility index (Phi) is 5.61. The molecule has 5 atom stereocenters. The topological polar surface area (TPSA) is 65.1 Å². The van der Waals surface area contributed by atoms with E-state index in [1.807, 2.05) is 0 Å². The lowest BCUT2D eigenvalue weighted by molar-refractivity contribution is -0.145. The first kappa shape index (κ1) is 19.9. The number of hydrogen-bond acceptors (Lipinski definition) is 5. The van der Waals surface area contributed by atoms with Crippen LogP contribution in [0.15, 0.2) is 36.0 Å². The molecule has 0 aromatic heterocycles. The van der Waals surface area contributed by atoms with Gasteiger partial charge >= 0.3 is 11.9 Å². The number of epoxide rings is 1. The second-order valence-corrected chi connectivity index (χ2v) is 8.32. The van der Waals surface area contributed by atoms with Crippen molar-refractivity contribution in [3.63, 3.8) is 0 Å². The average molecular weight is 374 g/mol. The molecule has 2 aliphatic heterocycles. The van der Waals surface area contributed by atoms with E-state index in [-0.39, 0.29) is 41.8 Å². The summed E-state index contributed by atoms with van der Waals surface area (Å²) in [6.45, 7) is 13.7. The molecule has 3 rings (SSSR count). The van der Waals surface area contributed by atoms with Crippen LogP contribution in [0.3, 0.4) is 0 Å². The van der Waals surface area contributed by atoms with E-state index in [9.17, 15) is 9.59 Å². The fourth-order valence-corrected chi connectivity index (χ4v) is 4.22. The minimum absolute atomic E-state index is 0.00477. The minimum Gasteiger partial charge on any atom is -0.458 e. The molecule has 148 valence electrons. The number of carbonyl (C=O) groups is 2. The molecule has 0 aromatic rings. The van der Waals surface area contributed by atoms with Gasteiger partial charge in [0.05, 0.1) is 11.7 Å². The van der Waals surface area contributed by atoms with Gasteiger partial charge in [-0.3, -0.25) is 4.79 Å². The summed E-state index contributed by atoms with van der Waals surface area (Å²) in [6, 6.07) is 0. The van der Waals surface area contributed by atoms with Crippen LogP contribution in [0, 0.1) is 5.92 Å². The first-order chi connectivity index (χ1) is 12.7. The third-order valence-corrected chi connectivity index (χ3v) is 6.07. The normalized spacial score (nSPS) is 39.4. The molecule has 0 N–H and O–H groups in total. The lowest BCUT2D eigenvalue weighted by Crippen LogP contribution is -2.24. The van der Waals surface area contributed by atoms with Gasteiger partial charge in [-0.2, -0.15) is 0 Å². The van der Waals surface area contributed by atoms with Crippen molar-refractivity contribution in [1.29, 1.82) is 0 Å². The van der Waals surface area contributed by atoms with Gasteiger partial charge in [0.15, 0.2) is 0 Å². The zero-order valence-corrected chi connectivity index (χ0v) is 16.6. The molecule has 0 unspecified atom stereocenters. The maximum absolute atomic E-state index is 12.0. The quantitative estimate of drug-likeness (QED) is 0.300. The van der Waals surface area contributed by atoms with E-state index in [2.05, 4.69) is 33.1 Å². The second-order valence-electron chi connectivity index (χ2n) is 8.32. The molecule has 0 spiro atoms. The SMILES string of the molecule is C=C1CC/C=C(\C)C[C@@H]2OC(=O)C(=C)[C@H]2C[C@@H]2O[C@@]2(C)CC[C@@H]1OC(C)=O. The molecule has 3 aliphatic rings. The lowest BCUT2D eigenvalue weighted by atomic mass is 9.84. The highest BCUT2D eigenvalue weighted by molar-refractivity contribution is 5.90. The van der Waals surface area contributed by atoms with Gasteiger partial charge in [0.25, 0.3) is 0 Å². The summed E-state index contributed by atoms with van der Waals surface area (Å²) >= 11 is 0. The van der Waals surface area contributed by atoms with Gasteiger partial charge in [0.1, 0.15) is 12.2 Å². The van der Waals surface area contributed by atoms with Crippen molar-refractivity contribution >= 4 is 11.9 Å². The molecular weight excluding hydrogens is 344 g/mol. The predicted molar refractivity (Wildman–Crippen MR) is 102 cm³/mol. The summed E-state index contributed by atoms with van der Waals surface area (Å²) in [5, 5.41) is 0. The zero-order chi connectivity index (χ0) is 19.8. The van der Waals surface area contributed by atoms with Crippen molar-refractivity contribution in [2.45, 2.75) is 83.2 Å². The van der Waals surface area contributed by atoms with Gasteiger partial charge in [-0.15, -0.1) is 0 Å². The number of allylic oxidation sites excluding steroid dienone is 1. The van der Waals surface area contributed by atoms with Gasteiger partial charge in [-0.25, -0.2) is 4.79 Å². The third-order valence-electron chi connectivity index (χ3n) is 6.07. The van der Waals surface area contributed by atoms with Crippen LogP contribution in [0.25, 0.3) is 0 Å². The van der Waals surface area contributed by atoms with E-state index in [0.29, 0.717) is 18.4 Å². The monoisotopic (exact) mass is 374 g/mol. The smallest absolute Gasteiger partial charge is 0.334 e. The van der Waals surface area contributed by atoms with Crippen LogP contribution in [-0.2, 0) is 23.8 Å². The number of hydrogen-bond donors (Lipinski definition) is 0. The number of fused-ring (bicyclic) bond motifs is 2. The van der Waals surface area contributed by atoms with Crippen molar-refractivity contribution in [2.75, 3.05) is 0 Å². The Morgan fingerprint density at radius 2 is 2.11 bits per heavy atom. The Balaban J connectivity index is 1.79. The maximum atomic E-state index is 12.0. The summed E-state index contributed by atoms with van der Waals surface area (Å²) in [5.41, 5.74) is 2.42. The van der Waals surface area contributed by atoms with Gasteiger partial charge in [-0.05, 0) is 51.5 Å². The molecule has 0 bridgehead atoms. The first-order valence-corrected chi connectivity index (χ1v) is 9.77. The van der Waals surface area contributed by atoms with E-state index < -0.39 is 0 Å². The highest BCUT2D eigenvalue weighted by Gasteiger charge is 2.55. The number of rotatable bonds is 1. The van der Waals surface area contributed by atoms with E-state index in [0.717, 1.165) is 31.3 Å². The first-order valence-electron chi connectivity index (χ1n) is 9.77. The molecule has 2 heterocycles. The number of carbonyl (C=O) groups excluding carboxylic acids is 2. The summed E-state index contributed by atoms with van der Waals surface area (Å²) in [6.07, 6.45) is 6.29. The van der Waals surface area contributed by atoms with Crippen LogP contribution < -0.4 is 0 Å². The molecule has 1 aliphatic carbocycles. The van der Waals surface area contributed by atoms with Gasteiger partial charge in [0, 0.05) is 24.8 Å². The van der Waals surface area contributed by atoms with E-state index in [1.54, 1.807) is 0 Å². The van der Waals surface area contributed by atoms with Crippen LogP contribution in [0.1, 0.15) is 59.3 Å². The molecule has 0 amide bonds. The Bertz CT molecular complexity index is 691. The second kappa shape index (κ2) is 7.63. The van der Waals surface area contributed by atoms with Gasteiger partial charge < -0.3 is 14.2 Å². The molecule has 2 fully saturated rings. The van der Waals surface area contributed by atoms with Crippen LogP contribution in [0.4, 0.5) is 0 Å². The molecular formula is C22H30O5. The molecule has 5 heteroatoms. The van der Waals surface area contributed by atoms with E-state index in [4.69, 9.17) is 14.2 Å². The molecule has 2 saturated heterocycles. The van der Waals surface area contributed by atoms with Crippen molar-refractivity contribution in [3.05, 3.63) is 36.0 Å². The van der Waals surface area contributed by atoms with E-state index >= 15 is 0 Å². The standard InChI is InChI=1S/C22H30O5/c1-13-7-6-8-14(2)18(25-16(4)23)9-10-22(5)20(27-22)12-17-15(3)21(24)26-19(17)11-13/h7,17-20H,2-3,6,8-12H2,1,4-5H3/b13-7+/t17-,18+,19+,20+,22+/m1/s1. The lowest BCUT2D eigenvalue weighted by Gasteiger charge is -2.22. The van der Waals surface area contributed by atoms with Crippen LogP contribution in [0.5, 0.6) is 0 Å². The fraction of sp³-hybridized carbons (Fsp3) is 0.636. The summed E-state index contributed by atoms with van der Waals surface area (Å²) < 4.78 is 17.1. The van der Waals surface area contributed by atoms with Gasteiger partial charge in [0.2, 0.25) is 0 Å². The molecule has 0 saturated carbocycles. The zero-order valence-electron chi connectivity index (χ0n) is 16.6. The maximum Gasteiger partial charge on any atom is 0.334 e. The minimum atomic E-state index is -0.284. The Labute approximate surface area is 161 Å². The summed E-state index contributed by atoms with van der Waals surface area (Å²) in [4.78, 5) is 23.5. The van der Waals surface area contributed by atoms with Gasteiger partial charge in [-0.1, -0.05) is 24.8 Å². The van der Waals surface area contributed by atoms with Crippen LogP contribution in [0.2, 0.25) is 0 Å². The number of esters is 2. The molecule has 0 aromatic carbocycles. The predicted octanol–water partition coefficient (Wildman–Crippen LogP) is 4.03. The highest BCUT2D eigenvalue weighted by Crippen LogP contribution is 2.48. The largest absolute Gasteiger partial charge is 0.458 e. The Morgan fingerprint density at radius 3 is 2.81 bits per heavy atom. The average Bonchev–Trinajstić information content (AvgIpc) is 3.15. The Hall–Kier alpha value is -1.88. The summed E-state index contributed by atoms with van der Waals surface area (Å²) in [7, 11) is 0. The van der Waals surface area contributed by atoms with Crippen molar-refractivity contribution in [1.82, 2.24) is 0 Å². The fourth-order valence-electron chi connectivity index (χ4n) is 4.22. The van der Waals surface area contributed by atoms with Crippen molar-refractivity contribution < 1.29 is 23.8 Å². The summed E-state index contributed by atoms with van der Waals surface area (Å²) in [5.74, 6) is -0.573. The third kappa shape index (κ3) is 4.52. The molecule has 0 radical (unpaired) electrons. The van der Waals surface area contributed by atoms with Crippen molar-refractivity contribution in [3.8, 4) is 0 Å². The molecule has 5 nitrogen and oxygen atoms in total. The molecule has 27 heavy (non-hydrogen) atoms. The number of ether oxygens (including phenoxy) is 3. The highest BCUT2D eigenvalue weighted by atomic mass is 16.6. The van der Waals surface area contributed by atoms with E-state index in [1.165, 1.54) is 12.5 Å². The van der Waals surface area contributed by atoms with Crippen LogP contribution in [-0.4, -0.2) is 35.9 Å². The Morgan fingerprint density at radius 1 is 1.37 bits per heavy atom. The van der Waals surface area contributed by atoms with Crippen molar-refractivity contribution in [2.24, 2.45) is 5.92 Å². The van der Waals surface area contributed by atoms with Crippen LogP contribution >= 0.6 is 0 Å².